The summed E-state index contributed by atoms with van der Waals surface area (Å²) in [6.45, 7) is 13.0. The maximum Gasteiger partial charge on any atom is 0.269 e. The Morgan fingerprint density at radius 1 is 1.00 bits per heavy atom. The van der Waals surface area contributed by atoms with Crippen LogP contribution in [-0.2, 0) is 0 Å². The average Bonchev–Trinajstić information content (AvgIpc) is 2.58. The molecule has 3 N–H and O–H groups in total. The number of hydrogen-bond donors (Lipinski definition) is 3. The highest BCUT2D eigenvalue weighted by atomic mass is 16.6. The first-order valence-corrected chi connectivity index (χ1v) is 9.83. The molecule has 1 aromatic rings. The zero-order valence-corrected chi connectivity index (χ0v) is 16.2. The smallest absolute Gasteiger partial charge is 0.269 e. The molecule has 4 aliphatic rings. The van der Waals surface area contributed by atoms with Crippen molar-refractivity contribution in [2.75, 3.05) is 26.2 Å². The lowest BCUT2D eigenvalue weighted by molar-refractivity contribution is -1.19. The molecule has 1 aromatic carbocycles. The Morgan fingerprint density at radius 2 is 1.42 bits per heavy atom. The highest BCUT2D eigenvalue weighted by Crippen LogP contribution is 2.48. The number of non-ortho nitro benzene ring substituents is 1. The van der Waals surface area contributed by atoms with E-state index in [2.05, 4.69) is 27.7 Å². The molecule has 0 radical (unpaired) electrons. The predicted molar refractivity (Wildman–Crippen MR) is 97.8 cm³/mol. The van der Waals surface area contributed by atoms with Crippen molar-refractivity contribution in [3.8, 4) is 0 Å². The average molecular weight is 361 g/mol. The molecule has 4 bridgehead atoms. The van der Waals surface area contributed by atoms with Gasteiger partial charge in [-0.15, -0.1) is 0 Å². The monoisotopic (exact) mass is 361 g/mol. The lowest BCUT2D eigenvalue weighted by Crippen LogP contribution is -3.41. The van der Waals surface area contributed by atoms with Crippen molar-refractivity contribution in [1.29, 1.82) is 0 Å². The summed E-state index contributed by atoms with van der Waals surface area (Å²) in [5.41, 5.74) is 1.29. The first-order chi connectivity index (χ1) is 12.2. The maximum atomic E-state index is 11.4. The van der Waals surface area contributed by atoms with Crippen LogP contribution in [0.25, 0.3) is 0 Å². The molecule has 0 spiro atoms. The molecule has 6 heteroatoms. The molecule has 6 nitrogen and oxygen atoms in total. The van der Waals surface area contributed by atoms with Crippen molar-refractivity contribution >= 4 is 5.69 Å². The molecule has 0 unspecified atom stereocenters. The van der Waals surface area contributed by atoms with E-state index in [0.29, 0.717) is 18.0 Å². The maximum absolute atomic E-state index is 11.4. The lowest BCUT2D eigenvalue weighted by Gasteiger charge is -2.66. The Morgan fingerprint density at radius 3 is 1.77 bits per heavy atom. The van der Waals surface area contributed by atoms with Gasteiger partial charge in [0.15, 0.2) is 0 Å². The van der Waals surface area contributed by atoms with Crippen molar-refractivity contribution in [2.45, 2.75) is 40.0 Å². The Kier molecular flexibility index (Phi) is 3.95. The zero-order chi connectivity index (χ0) is 18.9. The number of nitro groups is 1. The number of aliphatic hydroxyl groups excluding tert-OH is 1. The third-order valence-electron chi connectivity index (χ3n) is 7.87. The highest BCUT2D eigenvalue weighted by molar-refractivity contribution is 5.33. The normalized spacial score (nSPS) is 41.2. The molecule has 0 saturated carbocycles. The number of nitro benzene ring substituents is 1. The van der Waals surface area contributed by atoms with Crippen LogP contribution < -0.4 is 9.80 Å². The molecule has 5 rings (SSSR count). The number of hydrogen-bond acceptors (Lipinski definition) is 3. The van der Waals surface area contributed by atoms with E-state index in [1.165, 1.54) is 5.56 Å². The first-order valence-electron chi connectivity index (χ1n) is 9.83. The van der Waals surface area contributed by atoms with Crippen LogP contribution in [0.1, 0.15) is 39.4 Å². The van der Waals surface area contributed by atoms with Gasteiger partial charge in [0.25, 0.3) is 5.69 Å². The summed E-state index contributed by atoms with van der Waals surface area (Å²) < 4.78 is 0. The second-order valence-electron chi connectivity index (χ2n) is 9.48. The minimum atomic E-state index is -0.334. The van der Waals surface area contributed by atoms with E-state index in [-0.39, 0.29) is 27.5 Å². The minimum absolute atomic E-state index is 0.0251. The predicted octanol–water partition coefficient (Wildman–Crippen LogP) is 0.0497. The fraction of sp³-hybridized carbons (Fsp3) is 0.700. The van der Waals surface area contributed by atoms with E-state index >= 15 is 0 Å². The van der Waals surface area contributed by atoms with E-state index in [0.717, 1.165) is 26.2 Å². The van der Waals surface area contributed by atoms with Gasteiger partial charge in [0, 0.05) is 12.1 Å². The molecule has 26 heavy (non-hydrogen) atoms. The van der Waals surface area contributed by atoms with Crippen molar-refractivity contribution in [1.82, 2.24) is 0 Å². The largest absolute Gasteiger partial charge is 0.391 e. The number of nitrogens with one attached hydrogen (secondary N) is 2. The zero-order valence-electron chi connectivity index (χ0n) is 16.2. The van der Waals surface area contributed by atoms with Crippen molar-refractivity contribution in [3.63, 3.8) is 0 Å². The molecule has 0 amide bonds. The quantitative estimate of drug-likeness (QED) is 0.524. The van der Waals surface area contributed by atoms with E-state index in [4.69, 9.17) is 0 Å². The van der Waals surface area contributed by atoms with Gasteiger partial charge in [0.1, 0.15) is 0 Å². The van der Waals surface area contributed by atoms with Gasteiger partial charge >= 0.3 is 0 Å². The molecule has 0 aliphatic carbocycles. The van der Waals surface area contributed by atoms with Crippen LogP contribution >= 0.6 is 0 Å². The minimum Gasteiger partial charge on any atom is -0.391 e. The Hall–Kier alpha value is -1.50. The fourth-order valence-corrected chi connectivity index (χ4v) is 6.30. The molecule has 4 saturated heterocycles. The lowest BCUT2D eigenvalue weighted by atomic mass is 9.52. The summed E-state index contributed by atoms with van der Waals surface area (Å²) in [7, 11) is 0. The molecular weight excluding hydrogens is 330 g/mol. The molecule has 0 aromatic heterocycles. The number of piperidine rings is 2. The molecular formula is C20H31N3O3+2. The van der Waals surface area contributed by atoms with Gasteiger partial charge in [0.05, 0.1) is 53.6 Å². The van der Waals surface area contributed by atoms with E-state index in [9.17, 15) is 15.2 Å². The molecule has 142 valence electrons. The number of quaternary nitrogens is 2. The van der Waals surface area contributed by atoms with Crippen molar-refractivity contribution in [2.24, 2.45) is 22.7 Å². The van der Waals surface area contributed by atoms with Crippen LogP contribution in [0.5, 0.6) is 0 Å². The summed E-state index contributed by atoms with van der Waals surface area (Å²) in [5, 5.41) is 22.4. The number of rotatable bonds is 4. The van der Waals surface area contributed by atoms with Crippen molar-refractivity contribution in [3.05, 3.63) is 39.9 Å². The van der Waals surface area contributed by atoms with Gasteiger partial charge in [-0.25, -0.2) is 0 Å². The topological polar surface area (TPSA) is 72.2 Å². The van der Waals surface area contributed by atoms with Crippen LogP contribution in [0.4, 0.5) is 5.69 Å². The molecule has 4 heterocycles. The van der Waals surface area contributed by atoms with Gasteiger partial charge < -0.3 is 5.11 Å². The second-order valence-corrected chi connectivity index (χ2v) is 9.48. The summed E-state index contributed by atoms with van der Waals surface area (Å²) >= 11 is 0. The van der Waals surface area contributed by atoms with Gasteiger partial charge in [-0.3, -0.25) is 19.9 Å². The fourth-order valence-electron chi connectivity index (χ4n) is 6.30. The number of benzene rings is 1. The van der Waals surface area contributed by atoms with E-state index in [1.807, 2.05) is 12.1 Å². The van der Waals surface area contributed by atoms with Gasteiger partial charge in [-0.05, 0) is 24.0 Å². The summed E-state index contributed by atoms with van der Waals surface area (Å²) in [4.78, 5) is 13.7. The standard InChI is InChI=1S/C20H29N3O3/c1-13(2)19-9-21-11-20(14(3)4,18(19)24)12-22(10-19)17(21)15-5-7-16(8-6-15)23(25)26/h5-8,13-14,17-18,24H,9-12H2,1-4H3/p+2. The Bertz CT molecular complexity index is 672. The summed E-state index contributed by atoms with van der Waals surface area (Å²) in [6, 6.07) is 7.14. The summed E-state index contributed by atoms with van der Waals surface area (Å²) in [6.07, 6.45) is 0.0855. The Labute approximate surface area is 154 Å². The van der Waals surface area contributed by atoms with Crippen LogP contribution in [0.15, 0.2) is 24.3 Å². The van der Waals surface area contributed by atoms with E-state index < -0.39 is 0 Å². The van der Waals surface area contributed by atoms with Gasteiger partial charge in [-0.2, -0.15) is 0 Å². The van der Waals surface area contributed by atoms with Crippen LogP contribution in [-0.4, -0.2) is 42.3 Å². The first kappa shape index (κ1) is 17.9. The number of aliphatic hydroxyl groups is 1. The second kappa shape index (κ2) is 5.75. The van der Waals surface area contributed by atoms with Crippen LogP contribution in [0, 0.1) is 32.8 Å². The van der Waals surface area contributed by atoms with Gasteiger partial charge in [-0.1, -0.05) is 27.7 Å². The summed E-state index contributed by atoms with van der Waals surface area (Å²) in [5.74, 6) is 0.887. The SMILES string of the molecule is CC(C)C12C[NH+]3CC(C(C)C)(C[NH+](C1)C3c1ccc([N+](=O)[O-])cc1)C2O. The van der Waals surface area contributed by atoms with Crippen LogP contribution in [0.2, 0.25) is 0 Å². The molecule has 4 aliphatic heterocycles. The van der Waals surface area contributed by atoms with Crippen LogP contribution in [0.3, 0.4) is 0 Å². The highest BCUT2D eigenvalue weighted by Gasteiger charge is 2.72. The third kappa shape index (κ3) is 2.22. The Balaban J connectivity index is 1.72. The van der Waals surface area contributed by atoms with Crippen molar-refractivity contribution < 1.29 is 19.8 Å². The third-order valence-corrected chi connectivity index (χ3v) is 7.87. The molecule has 0 atom stereocenters. The van der Waals surface area contributed by atoms with Gasteiger partial charge in [0.2, 0.25) is 6.17 Å². The number of nitrogens with zero attached hydrogens (tertiary/aromatic N) is 1. The van der Waals surface area contributed by atoms with E-state index in [1.54, 1.807) is 21.9 Å². The molecule has 4 fully saturated rings.